The highest BCUT2D eigenvalue weighted by Crippen LogP contribution is 2.37. The maximum absolute atomic E-state index is 9.84. The van der Waals surface area contributed by atoms with Crippen LogP contribution < -0.4 is 4.90 Å². The lowest BCUT2D eigenvalue weighted by Gasteiger charge is -2.35. The average Bonchev–Trinajstić information content (AvgIpc) is 2.39. The van der Waals surface area contributed by atoms with E-state index in [-0.39, 0.29) is 11.6 Å². The second-order valence-corrected chi connectivity index (χ2v) is 5.52. The van der Waals surface area contributed by atoms with Gasteiger partial charge in [-0.05, 0) is 45.2 Å². The van der Waals surface area contributed by atoms with Gasteiger partial charge in [-0.25, -0.2) is 0 Å². The van der Waals surface area contributed by atoms with Gasteiger partial charge >= 0.3 is 0 Å². The van der Waals surface area contributed by atoms with E-state index >= 15 is 0 Å². The molecule has 1 unspecified atom stereocenters. The van der Waals surface area contributed by atoms with Crippen molar-refractivity contribution in [2.24, 2.45) is 0 Å². The summed E-state index contributed by atoms with van der Waals surface area (Å²) in [6.45, 7) is 9.44. The Balaban J connectivity index is 2.45. The summed E-state index contributed by atoms with van der Waals surface area (Å²) in [4.78, 5) is 2.35. The van der Waals surface area contributed by atoms with E-state index in [0.717, 1.165) is 13.0 Å². The van der Waals surface area contributed by atoms with Crippen molar-refractivity contribution in [2.45, 2.75) is 45.8 Å². The van der Waals surface area contributed by atoms with Gasteiger partial charge in [-0.3, -0.25) is 0 Å². The van der Waals surface area contributed by atoms with Crippen LogP contribution in [0.2, 0.25) is 0 Å². The molecule has 88 valence electrons. The van der Waals surface area contributed by atoms with Crippen molar-refractivity contribution >= 4 is 5.69 Å². The molecule has 1 aliphatic rings. The lowest BCUT2D eigenvalue weighted by Crippen LogP contribution is -2.39. The normalized spacial score (nSPS) is 23.8. The lowest BCUT2D eigenvalue weighted by molar-refractivity contribution is 0.188. The van der Waals surface area contributed by atoms with E-state index in [1.807, 2.05) is 0 Å². The minimum absolute atomic E-state index is 0.0519. The first-order valence-electron chi connectivity index (χ1n) is 5.94. The number of rotatable bonds is 1. The fraction of sp³-hybridized carbons (Fsp3) is 0.571. The van der Waals surface area contributed by atoms with Crippen molar-refractivity contribution in [3.63, 3.8) is 0 Å². The SMILES string of the molecule is Cc1cccc(C)c1N1CC(O)CC1(C)C. The number of para-hydroxylation sites is 1. The minimum atomic E-state index is -0.200. The first-order valence-corrected chi connectivity index (χ1v) is 5.94. The molecule has 0 aliphatic carbocycles. The molecular formula is C14H21NO. The number of anilines is 1. The largest absolute Gasteiger partial charge is 0.391 e. The average molecular weight is 219 g/mol. The molecule has 2 nitrogen and oxygen atoms in total. The van der Waals surface area contributed by atoms with Crippen LogP contribution >= 0.6 is 0 Å². The van der Waals surface area contributed by atoms with E-state index < -0.39 is 0 Å². The van der Waals surface area contributed by atoms with Crippen LogP contribution in [0.15, 0.2) is 18.2 Å². The highest BCUT2D eigenvalue weighted by Gasteiger charge is 2.38. The summed E-state index contributed by atoms with van der Waals surface area (Å²) in [6.07, 6.45) is 0.648. The molecular weight excluding hydrogens is 198 g/mol. The Morgan fingerprint density at radius 1 is 1.25 bits per heavy atom. The second kappa shape index (κ2) is 3.77. The van der Waals surface area contributed by atoms with Crippen LogP contribution in [0.5, 0.6) is 0 Å². The summed E-state index contributed by atoms with van der Waals surface area (Å²) in [7, 11) is 0. The Hall–Kier alpha value is -1.02. The molecule has 2 rings (SSSR count). The van der Waals surface area contributed by atoms with E-state index in [4.69, 9.17) is 0 Å². The third-order valence-corrected chi connectivity index (χ3v) is 3.57. The molecule has 2 heteroatoms. The third kappa shape index (κ3) is 1.82. The minimum Gasteiger partial charge on any atom is -0.391 e. The molecule has 0 bridgehead atoms. The molecule has 0 amide bonds. The van der Waals surface area contributed by atoms with E-state index in [2.05, 4.69) is 50.8 Å². The molecule has 0 radical (unpaired) electrons. The second-order valence-electron chi connectivity index (χ2n) is 5.52. The summed E-state index contributed by atoms with van der Waals surface area (Å²) in [5.41, 5.74) is 3.93. The number of aliphatic hydroxyl groups excluding tert-OH is 1. The van der Waals surface area contributed by atoms with Crippen LogP contribution in [-0.4, -0.2) is 23.3 Å². The van der Waals surface area contributed by atoms with Gasteiger partial charge in [0.25, 0.3) is 0 Å². The summed E-state index contributed by atoms with van der Waals surface area (Å²) in [5.74, 6) is 0. The quantitative estimate of drug-likeness (QED) is 0.785. The van der Waals surface area contributed by atoms with E-state index in [9.17, 15) is 5.11 Å². The van der Waals surface area contributed by atoms with Gasteiger partial charge in [0, 0.05) is 17.8 Å². The molecule has 0 aromatic heterocycles. The summed E-state index contributed by atoms with van der Waals surface area (Å²) in [5, 5.41) is 9.84. The Kier molecular flexibility index (Phi) is 2.70. The highest BCUT2D eigenvalue weighted by atomic mass is 16.3. The number of aryl methyl sites for hydroxylation is 2. The molecule has 1 aromatic carbocycles. The van der Waals surface area contributed by atoms with Crippen molar-refractivity contribution in [1.29, 1.82) is 0 Å². The van der Waals surface area contributed by atoms with Gasteiger partial charge in [0.15, 0.2) is 0 Å². The van der Waals surface area contributed by atoms with Gasteiger partial charge in [-0.1, -0.05) is 18.2 Å². The number of aliphatic hydroxyl groups is 1. The maximum Gasteiger partial charge on any atom is 0.0737 e. The van der Waals surface area contributed by atoms with Crippen LogP contribution in [0.3, 0.4) is 0 Å². The van der Waals surface area contributed by atoms with E-state index in [1.54, 1.807) is 0 Å². The molecule has 1 heterocycles. The summed E-state index contributed by atoms with van der Waals surface area (Å²) >= 11 is 0. The molecule has 1 aromatic rings. The highest BCUT2D eigenvalue weighted by molar-refractivity contribution is 5.61. The zero-order valence-corrected chi connectivity index (χ0v) is 10.6. The molecule has 1 N–H and O–H groups in total. The van der Waals surface area contributed by atoms with Crippen molar-refractivity contribution in [3.8, 4) is 0 Å². The predicted octanol–water partition coefficient (Wildman–Crippen LogP) is 2.65. The van der Waals surface area contributed by atoms with Gasteiger partial charge in [-0.15, -0.1) is 0 Å². The van der Waals surface area contributed by atoms with Crippen molar-refractivity contribution in [2.75, 3.05) is 11.4 Å². The lowest BCUT2D eigenvalue weighted by atomic mass is 9.98. The molecule has 16 heavy (non-hydrogen) atoms. The van der Waals surface area contributed by atoms with Gasteiger partial charge in [0.2, 0.25) is 0 Å². The topological polar surface area (TPSA) is 23.5 Å². The van der Waals surface area contributed by atoms with Crippen molar-refractivity contribution in [3.05, 3.63) is 29.3 Å². The summed E-state index contributed by atoms with van der Waals surface area (Å²) in [6, 6.07) is 6.37. The number of nitrogens with zero attached hydrogens (tertiary/aromatic N) is 1. The van der Waals surface area contributed by atoms with Gasteiger partial charge in [0.1, 0.15) is 0 Å². The van der Waals surface area contributed by atoms with Crippen LogP contribution in [0.1, 0.15) is 31.4 Å². The fourth-order valence-corrected chi connectivity index (χ4v) is 2.83. The standard InChI is InChI=1S/C14H21NO/c1-10-6-5-7-11(2)13(10)15-9-12(16)8-14(15,3)4/h5-7,12,16H,8-9H2,1-4H3. The Labute approximate surface area is 97.9 Å². The number of hydrogen-bond acceptors (Lipinski definition) is 2. The van der Waals surface area contributed by atoms with Gasteiger partial charge < -0.3 is 10.0 Å². The summed E-state index contributed by atoms with van der Waals surface area (Å²) < 4.78 is 0. The Morgan fingerprint density at radius 2 is 1.81 bits per heavy atom. The number of β-amino-alcohol motifs (C(OH)–C–C–N with tert-alkyl or cyclic N) is 1. The monoisotopic (exact) mass is 219 g/mol. The van der Waals surface area contributed by atoms with Crippen molar-refractivity contribution in [1.82, 2.24) is 0 Å². The fourth-order valence-electron chi connectivity index (χ4n) is 2.83. The Bertz CT molecular complexity index is 377. The molecule has 0 saturated carbocycles. The zero-order chi connectivity index (χ0) is 11.9. The van der Waals surface area contributed by atoms with Crippen LogP contribution in [0.4, 0.5) is 5.69 Å². The van der Waals surface area contributed by atoms with E-state index in [1.165, 1.54) is 16.8 Å². The number of benzene rings is 1. The smallest absolute Gasteiger partial charge is 0.0737 e. The van der Waals surface area contributed by atoms with E-state index in [0.29, 0.717) is 0 Å². The molecule has 0 spiro atoms. The maximum atomic E-state index is 9.84. The Morgan fingerprint density at radius 3 is 2.25 bits per heavy atom. The zero-order valence-electron chi connectivity index (χ0n) is 10.6. The molecule has 1 saturated heterocycles. The van der Waals surface area contributed by atoms with Crippen LogP contribution in [0, 0.1) is 13.8 Å². The molecule has 1 fully saturated rings. The van der Waals surface area contributed by atoms with Crippen LogP contribution in [-0.2, 0) is 0 Å². The first-order chi connectivity index (χ1) is 7.42. The van der Waals surface area contributed by atoms with Crippen LogP contribution in [0.25, 0.3) is 0 Å². The van der Waals surface area contributed by atoms with Gasteiger partial charge in [-0.2, -0.15) is 0 Å². The van der Waals surface area contributed by atoms with Gasteiger partial charge in [0.05, 0.1) is 6.10 Å². The molecule has 1 atom stereocenters. The van der Waals surface area contributed by atoms with Crippen molar-refractivity contribution < 1.29 is 5.11 Å². The predicted molar refractivity (Wildman–Crippen MR) is 68.0 cm³/mol. The molecule has 1 aliphatic heterocycles. The number of hydrogen-bond donors (Lipinski definition) is 1. The third-order valence-electron chi connectivity index (χ3n) is 3.57. The first kappa shape index (κ1) is 11.5.